The summed E-state index contributed by atoms with van der Waals surface area (Å²) in [6, 6.07) is 5.90. The summed E-state index contributed by atoms with van der Waals surface area (Å²) in [5.41, 5.74) is 0.598. The summed E-state index contributed by atoms with van der Waals surface area (Å²) in [6.45, 7) is 2.26. The first-order chi connectivity index (χ1) is 9.11. The van der Waals surface area contributed by atoms with Crippen LogP contribution in [0.4, 0.5) is 4.39 Å². The Morgan fingerprint density at radius 1 is 1.42 bits per heavy atom. The van der Waals surface area contributed by atoms with Crippen molar-refractivity contribution >= 4 is 18.0 Å². The number of rotatable bonds is 6. The van der Waals surface area contributed by atoms with Crippen LogP contribution < -0.4 is 5.32 Å². The number of nitrogens with one attached hydrogen (secondary N) is 1. The fraction of sp³-hybridized carbons (Fsp3) is 0.286. The Labute approximate surface area is 111 Å². The van der Waals surface area contributed by atoms with Crippen LogP contribution in [0.5, 0.6) is 0 Å². The Kier molecular flexibility index (Phi) is 6.29. The lowest BCUT2D eigenvalue weighted by Crippen LogP contribution is -2.24. The molecule has 0 saturated carbocycles. The molecule has 1 amide bonds. The smallest absolute Gasteiger partial charge is 0.307 e. The molecule has 1 rings (SSSR count). The molecule has 0 aliphatic rings. The lowest BCUT2D eigenvalue weighted by molar-refractivity contribution is -0.142. The fourth-order valence-corrected chi connectivity index (χ4v) is 1.36. The highest BCUT2D eigenvalue weighted by Gasteiger charge is 2.02. The Morgan fingerprint density at radius 3 is 2.89 bits per heavy atom. The molecule has 1 aromatic rings. The zero-order valence-electron chi connectivity index (χ0n) is 10.7. The molecular weight excluding hydrogens is 249 g/mol. The largest absolute Gasteiger partial charge is 0.466 e. The molecule has 19 heavy (non-hydrogen) atoms. The van der Waals surface area contributed by atoms with Crippen molar-refractivity contribution in [3.8, 4) is 0 Å². The molecule has 1 aromatic carbocycles. The Bertz CT molecular complexity index is 472. The normalized spacial score (nSPS) is 10.4. The molecule has 5 heteroatoms. The van der Waals surface area contributed by atoms with E-state index in [9.17, 15) is 14.0 Å². The number of ether oxygens (including phenoxy) is 1. The van der Waals surface area contributed by atoms with E-state index in [0.29, 0.717) is 12.2 Å². The number of hydrogen-bond acceptors (Lipinski definition) is 3. The topological polar surface area (TPSA) is 55.4 Å². The number of carbonyl (C=O) groups excluding carboxylic acids is 2. The molecule has 0 unspecified atom stereocenters. The average Bonchev–Trinajstić information content (AvgIpc) is 2.37. The van der Waals surface area contributed by atoms with Crippen LogP contribution in [0, 0.1) is 5.82 Å². The van der Waals surface area contributed by atoms with E-state index in [1.807, 2.05) is 0 Å². The van der Waals surface area contributed by atoms with Crippen LogP contribution >= 0.6 is 0 Å². The third-order valence-corrected chi connectivity index (χ3v) is 2.21. The number of benzene rings is 1. The van der Waals surface area contributed by atoms with Gasteiger partial charge in [-0.1, -0.05) is 12.1 Å². The van der Waals surface area contributed by atoms with E-state index in [2.05, 4.69) is 5.32 Å². The van der Waals surface area contributed by atoms with Crippen LogP contribution in [0.2, 0.25) is 0 Å². The maximum Gasteiger partial charge on any atom is 0.307 e. The second-order valence-electron chi connectivity index (χ2n) is 3.73. The Balaban J connectivity index is 2.33. The predicted octanol–water partition coefficient (Wildman–Crippen LogP) is 1.91. The van der Waals surface area contributed by atoms with Crippen molar-refractivity contribution in [2.24, 2.45) is 0 Å². The summed E-state index contributed by atoms with van der Waals surface area (Å²) < 4.78 is 17.6. The third kappa shape index (κ3) is 6.35. The molecule has 102 valence electrons. The van der Waals surface area contributed by atoms with Crippen molar-refractivity contribution in [2.75, 3.05) is 13.2 Å². The van der Waals surface area contributed by atoms with Crippen LogP contribution in [0.1, 0.15) is 18.9 Å². The minimum atomic E-state index is -0.357. The highest BCUT2D eigenvalue weighted by atomic mass is 19.1. The van der Waals surface area contributed by atoms with Gasteiger partial charge in [-0.05, 0) is 30.7 Å². The first kappa shape index (κ1) is 14.9. The summed E-state index contributed by atoms with van der Waals surface area (Å²) in [7, 11) is 0. The molecule has 0 spiro atoms. The minimum absolute atomic E-state index is 0.132. The zero-order valence-corrected chi connectivity index (χ0v) is 10.7. The standard InChI is InChI=1S/C14H16FNO3/c1-2-19-14(18)8-9-16-13(17)7-6-11-4-3-5-12(15)10-11/h3-7,10H,2,8-9H2,1H3,(H,16,17)/b7-6+. The van der Waals surface area contributed by atoms with Gasteiger partial charge in [-0.15, -0.1) is 0 Å². The summed E-state index contributed by atoms with van der Waals surface area (Å²) >= 11 is 0. The lowest BCUT2D eigenvalue weighted by Gasteiger charge is -2.02. The van der Waals surface area contributed by atoms with Gasteiger partial charge in [0, 0.05) is 12.6 Å². The second-order valence-corrected chi connectivity index (χ2v) is 3.73. The van der Waals surface area contributed by atoms with Gasteiger partial charge in [-0.2, -0.15) is 0 Å². The Morgan fingerprint density at radius 2 is 2.21 bits per heavy atom. The minimum Gasteiger partial charge on any atom is -0.466 e. The van der Waals surface area contributed by atoms with Gasteiger partial charge >= 0.3 is 5.97 Å². The van der Waals surface area contributed by atoms with Gasteiger partial charge in [0.2, 0.25) is 5.91 Å². The van der Waals surface area contributed by atoms with E-state index in [0.717, 1.165) is 0 Å². The summed E-state index contributed by atoms with van der Waals surface area (Å²) in [6.07, 6.45) is 2.93. The molecule has 0 aliphatic carbocycles. The molecule has 0 radical (unpaired) electrons. The molecule has 0 saturated heterocycles. The number of carbonyl (C=O) groups is 2. The van der Waals surface area contributed by atoms with Crippen molar-refractivity contribution in [1.29, 1.82) is 0 Å². The lowest BCUT2D eigenvalue weighted by atomic mass is 10.2. The number of amides is 1. The Hall–Kier alpha value is -2.17. The molecule has 1 N–H and O–H groups in total. The van der Waals surface area contributed by atoms with E-state index in [1.54, 1.807) is 19.1 Å². The monoisotopic (exact) mass is 265 g/mol. The van der Waals surface area contributed by atoms with Crippen molar-refractivity contribution < 1.29 is 18.7 Å². The van der Waals surface area contributed by atoms with Crippen LogP contribution in [0.3, 0.4) is 0 Å². The van der Waals surface area contributed by atoms with Gasteiger partial charge in [-0.25, -0.2) is 4.39 Å². The van der Waals surface area contributed by atoms with Crippen molar-refractivity contribution in [3.05, 3.63) is 41.7 Å². The number of halogens is 1. The molecule has 0 aliphatic heterocycles. The molecule has 4 nitrogen and oxygen atoms in total. The third-order valence-electron chi connectivity index (χ3n) is 2.21. The molecule has 0 atom stereocenters. The number of hydrogen-bond donors (Lipinski definition) is 1. The van der Waals surface area contributed by atoms with Crippen LogP contribution in [-0.2, 0) is 14.3 Å². The molecular formula is C14H16FNO3. The zero-order chi connectivity index (χ0) is 14.1. The molecule has 0 aromatic heterocycles. The first-order valence-corrected chi connectivity index (χ1v) is 5.99. The van der Waals surface area contributed by atoms with Crippen molar-refractivity contribution in [3.63, 3.8) is 0 Å². The summed E-state index contributed by atoms with van der Waals surface area (Å²) in [4.78, 5) is 22.4. The highest BCUT2D eigenvalue weighted by molar-refractivity contribution is 5.91. The van der Waals surface area contributed by atoms with E-state index in [1.165, 1.54) is 24.3 Å². The van der Waals surface area contributed by atoms with Gasteiger partial charge < -0.3 is 10.1 Å². The van der Waals surface area contributed by atoms with Crippen LogP contribution in [0.25, 0.3) is 6.08 Å². The van der Waals surface area contributed by atoms with E-state index in [4.69, 9.17) is 4.74 Å². The van der Waals surface area contributed by atoms with E-state index >= 15 is 0 Å². The van der Waals surface area contributed by atoms with E-state index in [-0.39, 0.29) is 30.7 Å². The van der Waals surface area contributed by atoms with Crippen LogP contribution in [-0.4, -0.2) is 25.0 Å². The molecule has 0 fully saturated rings. The maximum absolute atomic E-state index is 12.9. The number of esters is 1. The van der Waals surface area contributed by atoms with Gasteiger partial charge in [0.25, 0.3) is 0 Å². The first-order valence-electron chi connectivity index (χ1n) is 5.99. The average molecular weight is 265 g/mol. The predicted molar refractivity (Wildman–Crippen MR) is 69.7 cm³/mol. The van der Waals surface area contributed by atoms with Gasteiger partial charge in [0.1, 0.15) is 5.82 Å². The van der Waals surface area contributed by atoms with Crippen molar-refractivity contribution in [1.82, 2.24) is 5.32 Å². The quantitative estimate of drug-likeness (QED) is 0.631. The summed E-state index contributed by atoms with van der Waals surface area (Å²) in [5.74, 6) is -1.05. The van der Waals surface area contributed by atoms with Gasteiger partial charge in [-0.3, -0.25) is 9.59 Å². The maximum atomic E-state index is 12.9. The van der Waals surface area contributed by atoms with Crippen LogP contribution in [0.15, 0.2) is 30.3 Å². The molecule has 0 heterocycles. The van der Waals surface area contributed by atoms with E-state index < -0.39 is 0 Å². The SMILES string of the molecule is CCOC(=O)CCNC(=O)/C=C/c1cccc(F)c1. The van der Waals surface area contributed by atoms with Gasteiger partial charge in [0.15, 0.2) is 0 Å². The second kappa shape index (κ2) is 8.02. The highest BCUT2D eigenvalue weighted by Crippen LogP contribution is 2.04. The van der Waals surface area contributed by atoms with Gasteiger partial charge in [0.05, 0.1) is 13.0 Å². The molecule has 0 bridgehead atoms. The fourth-order valence-electron chi connectivity index (χ4n) is 1.36. The summed E-state index contributed by atoms with van der Waals surface area (Å²) in [5, 5.41) is 2.54. The van der Waals surface area contributed by atoms with Crippen molar-refractivity contribution in [2.45, 2.75) is 13.3 Å².